The summed E-state index contributed by atoms with van der Waals surface area (Å²) in [6.45, 7) is 6.23. The standard InChI is InChI=1S/C17H25NO/c1-17(2)11-16(9-10-19-17)18-12-13-3-5-14(6-4-13)15-7-8-15/h3-6,15-16,18H,7-12H2,1-2H3. The van der Waals surface area contributed by atoms with Gasteiger partial charge in [-0.2, -0.15) is 0 Å². The fourth-order valence-corrected chi connectivity index (χ4v) is 2.99. The van der Waals surface area contributed by atoms with Crippen LogP contribution in [-0.4, -0.2) is 18.2 Å². The van der Waals surface area contributed by atoms with Crippen LogP contribution in [0.2, 0.25) is 0 Å². The Kier molecular flexibility index (Phi) is 3.64. The Morgan fingerprint density at radius 2 is 1.89 bits per heavy atom. The van der Waals surface area contributed by atoms with E-state index in [2.05, 4.69) is 43.4 Å². The van der Waals surface area contributed by atoms with Gasteiger partial charge in [-0.05, 0) is 56.6 Å². The highest BCUT2D eigenvalue weighted by Crippen LogP contribution is 2.39. The molecular formula is C17H25NO. The molecule has 1 atom stereocenters. The average Bonchev–Trinajstić information content (AvgIpc) is 3.20. The van der Waals surface area contributed by atoms with Crippen molar-refractivity contribution in [3.05, 3.63) is 35.4 Å². The summed E-state index contributed by atoms with van der Waals surface area (Å²) in [4.78, 5) is 0. The molecule has 1 aromatic carbocycles. The number of benzene rings is 1. The smallest absolute Gasteiger partial charge is 0.0641 e. The Balaban J connectivity index is 1.51. The van der Waals surface area contributed by atoms with E-state index in [1.54, 1.807) is 0 Å². The van der Waals surface area contributed by atoms with Crippen LogP contribution in [-0.2, 0) is 11.3 Å². The lowest BCUT2D eigenvalue weighted by atomic mass is 9.94. The van der Waals surface area contributed by atoms with Gasteiger partial charge in [0.1, 0.15) is 0 Å². The highest BCUT2D eigenvalue weighted by Gasteiger charge is 2.28. The second-order valence-corrected chi connectivity index (χ2v) is 6.69. The monoisotopic (exact) mass is 259 g/mol. The van der Waals surface area contributed by atoms with Crippen molar-refractivity contribution in [3.63, 3.8) is 0 Å². The quantitative estimate of drug-likeness (QED) is 0.892. The molecule has 1 heterocycles. The van der Waals surface area contributed by atoms with E-state index in [-0.39, 0.29) is 5.60 Å². The lowest BCUT2D eigenvalue weighted by Gasteiger charge is -2.36. The van der Waals surface area contributed by atoms with Crippen LogP contribution < -0.4 is 5.32 Å². The van der Waals surface area contributed by atoms with Gasteiger partial charge in [0.15, 0.2) is 0 Å². The van der Waals surface area contributed by atoms with Crippen LogP contribution in [0, 0.1) is 0 Å². The molecule has 2 aliphatic rings. The summed E-state index contributed by atoms with van der Waals surface area (Å²) in [5.41, 5.74) is 2.95. The minimum absolute atomic E-state index is 0.0335. The van der Waals surface area contributed by atoms with E-state index in [4.69, 9.17) is 4.74 Å². The van der Waals surface area contributed by atoms with Gasteiger partial charge in [-0.15, -0.1) is 0 Å². The first-order chi connectivity index (χ1) is 9.12. The number of rotatable bonds is 4. The molecule has 0 radical (unpaired) electrons. The fraction of sp³-hybridized carbons (Fsp3) is 0.647. The highest BCUT2D eigenvalue weighted by atomic mass is 16.5. The summed E-state index contributed by atoms with van der Waals surface area (Å²) in [5.74, 6) is 0.860. The molecule has 3 rings (SSSR count). The Bertz CT molecular complexity index is 419. The number of ether oxygens (including phenoxy) is 1. The van der Waals surface area contributed by atoms with Gasteiger partial charge in [-0.1, -0.05) is 24.3 Å². The number of nitrogens with one attached hydrogen (secondary N) is 1. The van der Waals surface area contributed by atoms with Gasteiger partial charge in [0, 0.05) is 19.2 Å². The first-order valence-corrected chi connectivity index (χ1v) is 7.59. The van der Waals surface area contributed by atoms with E-state index in [1.807, 2.05) is 0 Å². The molecule has 1 aromatic rings. The molecule has 2 heteroatoms. The van der Waals surface area contributed by atoms with Gasteiger partial charge in [-0.25, -0.2) is 0 Å². The number of hydrogen-bond donors (Lipinski definition) is 1. The van der Waals surface area contributed by atoms with Gasteiger partial charge in [0.05, 0.1) is 5.60 Å². The van der Waals surface area contributed by atoms with Crippen LogP contribution >= 0.6 is 0 Å². The van der Waals surface area contributed by atoms with Crippen molar-refractivity contribution < 1.29 is 4.74 Å². The molecule has 0 spiro atoms. The third-order valence-electron chi connectivity index (χ3n) is 4.32. The van der Waals surface area contributed by atoms with Crippen LogP contribution in [0.5, 0.6) is 0 Å². The zero-order valence-electron chi connectivity index (χ0n) is 12.1. The SMILES string of the molecule is CC1(C)CC(NCc2ccc(C3CC3)cc2)CCO1. The van der Waals surface area contributed by atoms with Crippen LogP contribution in [0.25, 0.3) is 0 Å². The van der Waals surface area contributed by atoms with Gasteiger partial charge in [0.25, 0.3) is 0 Å². The molecule has 2 nitrogen and oxygen atoms in total. The van der Waals surface area contributed by atoms with Crippen LogP contribution in [0.4, 0.5) is 0 Å². The van der Waals surface area contributed by atoms with Crippen LogP contribution in [0.3, 0.4) is 0 Å². The van der Waals surface area contributed by atoms with E-state index >= 15 is 0 Å². The molecule has 1 unspecified atom stereocenters. The van der Waals surface area contributed by atoms with Gasteiger partial charge in [-0.3, -0.25) is 0 Å². The van der Waals surface area contributed by atoms with Crippen molar-refractivity contribution in [2.45, 2.75) is 63.6 Å². The second-order valence-electron chi connectivity index (χ2n) is 6.69. The fourth-order valence-electron chi connectivity index (χ4n) is 2.99. The summed E-state index contributed by atoms with van der Waals surface area (Å²) in [7, 11) is 0. The third-order valence-corrected chi connectivity index (χ3v) is 4.32. The highest BCUT2D eigenvalue weighted by molar-refractivity contribution is 5.28. The predicted octanol–water partition coefficient (Wildman–Crippen LogP) is 3.61. The summed E-state index contributed by atoms with van der Waals surface area (Å²) in [6, 6.07) is 9.77. The van der Waals surface area contributed by atoms with Crippen molar-refractivity contribution in [1.82, 2.24) is 5.32 Å². The zero-order chi connectivity index (χ0) is 13.3. The molecule has 0 aromatic heterocycles. The lowest BCUT2D eigenvalue weighted by molar-refractivity contribution is -0.0630. The normalized spacial score (nSPS) is 26.3. The van der Waals surface area contributed by atoms with E-state index in [9.17, 15) is 0 Å². The third kappa shape index (κ3) is 3.58. The zero-order valence-corrected chi connectivity index (χ0v) is 12.1. The van der Waals surface area contributed by atoms with Crippen molar-refractivity contribution in [2.24, 2.45) is 0 Å². The summed E-state index contributed by atoms with van der Waals surface area (Å²) in [5, 5.41) is 3.68. The molecule has 1 saturated carbocycles. The summed E-state index contributed by atoms with van der Waals surface area (Å²) >= 11 is 0. The Labute approximate surface area is 116 Å². The van der Waals surface area contributed by atoms with Gasteiger partial charge >= 0.3 is 0 Å². The largest absolute Gasteiger partial charge is 0.375 e. The average molecular weight is 259 g/mol. The summed E-state index contributed by atoms with van der Waals surface area (Å²) < 4.78 is 5.76. The van der Waals surface area contributed by atoms with E-state index < -0.39 is 0 Å². The molecule has 1 saturated heterocycles. The maximum absolute atomic E-state index is 5.76. The Morgan fingerprint density at radius 3 is 2.53 bits per heavy atom. The van der Waals surface area contributed by atoms with Crippen molar-refractivity contribution in [2.75, 3.05) is 6.61 Å². The summed E-state index contributed by atoms with van der Waals surface area (Å²) in [6.07, 6.45) is 5.00. The minimum Gasteiger partial charge on any atom is -0.375 e. The first kappa shape index (κ1) is 13.1. The molecule has 19 heavy (non-hydrogen) atoms. The van der Waals surface area contributed by atoms with E-state index in [0.717, 1.165) is 31.9 Å². The molecule has 104 valence electrons. The lowest BCUT2D eigenvalue weighted by Crippen LogP contribution is -2.43. The first-order valence-electron chi connectivity index (χ1n) is 7.59. The van der Waals surface area contributed by atoms with Gasteiger partial charge in [0.2, 0.25) is 0 Å². The molecule has 1 aliphatic carbocycles. The molecule has 0 bridgehead atoms. The van der Waals surface area contributed by atoms with Crippen molar-refractivity contribution >= 4 is 0 Å². The molecular weight excluding hydrogens is 234 g/mol. The number of hydrogen-bond acceptors (Lipinski definition) is 2. The van der Waals surface area contributed by atoms with Crippen LogP contribution in [0.15, 0.2) is 24.3 Å². The minimum atomic E-state index is 0.0335. The molecule has 0 amide bonds. The van der Waals surface area contributed by atoms with Crippen molar-refractivity contribution in [3.8, 4) is 0 Å². The topological polar surface area (TPSA) is 21.3 Å². The molecule has 1 N–H and O–H groups in total. The molecule has 1 aliphatic heterocycles. The maximum atomic E-state index is 5.76. The van der Waals surface area contributed by atoms with E-state index in [1.165, 1.54) is 24.0 Å². The van der Waals surface area contributed by atoms with Gasteiger partial charge < -0.3 is 10.1 Å². The Hall–Kier alpha value is -0.860. The predicted molar refractivity (Wildman–Crippen MR) is 78.3 cm³/mol. The van der Waals surface area contributed by atoms with E-state index in [0.29, 0.717) is 6.04 Å². The maximum Gasteiger partial charge on any atom is 0.0641 e. The van der Waals surface area contributed by atoms with Crippen LogP contribution in [0.1, 0.15) is 56.6 Å². The van der Waals surface area contributed by atoms with Crippen molar-refractivity contribution in [1.29, 1.82) is 0 Å². The molecule has 2 fully saturated rings. The Morgan fingerprint density at radius 1 is 1.16 bits per heavy atom. The second kappa shape index (κ2) is 5.26.